The molecule has 1 N–H and O–H groups in total. The van der Waals surface area contributed by atoms with Crippen molar-refractivity contribution < 1.29 is 0 Å². The van der Waals surface area contributed by atoms with Gasteiger partial charge in [-0.3, -0.25) is 0 Å². The number of rotatable bonds is 1. The van der Waals surface area contributed by atoms with Gasteiger partial charge in [-0.2, -0.15) is 0 Å². The van der Waals surface area contributed by atoms with Crippen molar-refractivity contribution >= 4 is 18.5 Å². The summed E-state index contributed by atoms with van der Waals surface area (Å²) in [6.45, 7) is 0. The van der Waals surface area contributed by atoms with Crippen LogP contribution in [0, 0.1) is 0 Å². The number of para-hydroxylation sites is 1. The lowest BCUT2D eigenvalue weighted by molar-refractivity contribution is 1.69. The fourth-order valence-corrected chi connectivity index (χ4v) is 0.662. The minimum atomic E-state index is 1.02. The van der Waals surface area contributed by atoms with Gasteiger partial charge in [-0.1, -0.05) is 31.0 Å². The normalized spacial score (nSPS) is 8.62. The average molecular weight is 125 g/mol. The van der Waals surface area contributed by atoms with E-state index in [0.29, 0.717) is 0 Å². The molecule has 0 bridgehead atoms. The van der Waals surface area contributed by atoms with Crippen molar-refractivity contribution in [3.8, 4) is 0 Å². The highest BCUT2D eigenvalue weighted by atomic mass is 32.1. The zero-order valence-electron chi connectivity index (χ0n) is 4.33. The molecule has 0 amide bonds. The second-order valence-electron chi connectivity index (χ2n) is 1.48. The molecule has 0 aromatic heterocycles. The third-order valence-electron chi connectivity index (χ3n) is 0.903. The van der Waals surface area contributed by atoms with Gasteiger partial charge in [0.1, 0.15) is 0 Å². The maximum Gasteiger partial charge on any atom is 0.0437 e. The number of thiol groups is 1. The summed E-state index contributed by atoms with van der Waals surface area (Å²) in [6, 6.07) is 9.78. The maximum absolute atomic E-state index is 3.86. The standard InChI is InChI=1S/C6H7NS/c8-7-6-4-2-1-3-5-6/h1-5,7-8H. The van der Waals surface area contributed by atoms with Crippen LogP contribution < -0.4 is 4.72 Å². The molecule has 1 nitrogen and oxygen atoms in total. The maximum atomic E-state index is 3.86. The Morgan fingerprint density at radius 1 is 1.12 bits per heavy atom. The lowest BCUT2D eigenvalue weighted by Crippen LogP contribution is -1.75. The second kappa shape index (κ2) is 2.62. The van der Waals surface area contributed by atoms with Crippen molar-refractivity contribution in [1.29, 1.82) is 0 Å². The van der Waals surface area contributed by atoms with Crippen LogP contribution in [-0.4, -0.2) is 0 Å². The van der Waals surface area contributed by atoms with Gasteiger partial charge < -0.3 is 4.72 Å². The van der Waals surface area contributed by atoms with E-state index in [1.54, 1.807) is 0 Å². The van der Waals surface area contributed by atoms with Crippen LogP contribution in [0.4, 0.5) is 5.69 Å². The second-order valence-corrected chi connectivity index (χ2v) is 1.70. The Morgan fingerprint density at radius 2 is 1.75 bits per heavy atom. The van der Waals surface area contributed by atoms with Gasteiger partial charge in [0.25, 0.3) is 0 Å². The summed E-state index contributed by atoms with van der Waals surface area (Å²) in [5, 5.41) is 0. The molecule has 1 aromatic rings. The zero-order chi connectivity index (χ0) is 5.82. The van der Waals surface area contributed by atoms with Gasteiger partial charge in [-0.15, -0.1) is 0 Å². The molecule has 0 unspecified atom stereocenters. The molecular formula is C6H7NS. The third-order valence-corrected chi connectivity index (χ3v) is 1.16. The molecule has 0 spiro atoms. The van der Waals surface area contributed by atoms with Gasteiger partial charge >= 0.3 is 0 Å². The quantitative estimate of drug-likeness (QED) is 0.547. The molecule has 0 radical (unpaired) electrons. The monoisotopic (exact) mass is 125 g/mol. The Labute approximate surface area is 54.3 Å². The number of nitrogens with one attached hydrogen (secondary N) is 1. The molecule has 1 aromatic carbocycles. The fraction of sp³-hybridized carbons (Fsp3) is 0. The van der Waals surface area contributed by atoms with Gasteiger partial charge in [-0.25, -0.2) is 0 Å². The summed E-state index contributed by atoms with van der Waals surface area (Å²) in [5.74, 6) is 0. The Kier molecular flexibility index (Phi) is 1.80. The van der Waals surface area contributed by atoms with E-state index in [9.17, 15) is 0 Å². The molecular weight excluding hydrogens is 118 g/mol. The SMILES string of the molecule is SNc1ccccc1. The summed E-state index contributed by atoms with van der Waals surface area (Å²) < 4.78 is 2.72. The first-order valence-corrected chi connectivity index (χ1v) is 2.83. The van der Waals surface area contributed by atoms with E-state index in [0.717, 1.165) is 5.69 Å². The van der Waals surface area contributed by atoms with Gasteiger partial charge in [0.05, 0.1) is 0 Å². The highest BCUT2D eigenvalue weighted by molar-refractivity contribution is 7.81. The Bertz CT molecular complexity index is 150. The van der Waals surface area contributed by atoms with E-state index in [-0.39, 0.29) is 0 Å². The molecule has 0 saturated heterocycles. The molecule has 0 fully saturated rings. The first-order valence-electron chi connectivity index (χ1n) is 2.38. The third kappa shape index (κ3) is 1.17. The molecule has 0 aliphatic rings. The Hall–Kier alpha value is -0.630. The van der Waals surface area contributed by atoms with E-state index in [2.05, 4.69) is 17.5 Å². The number of anilines is 1. The summed E-state index contributed by atoms with van der Waals surface area (Å²) in [5.41, 5.74) is 1.02. The Morgan fingerprint density at radius 3 is 2.12 bits per heavy atom. The minimum absolute atomic E-state index is 1.02. The zero-order valence-corrected chi connectivity index (χ0v) is 5.23. The smallest absolute Gasteiger partial charge is 0.0437 e. The van der Waals surface area contributed by atoms with Crippen molar-refractivity contribution in [2.24, 2.45) is 0 Å². The van der Waals surface area contributed by atoms with E-state index >= 15 is 0 Å². The topological polar surface area (TPSA) is 12.0 Å². The van der Waals surface area contributed by atoms with Crippen molar-refractivity contribution in [2.75, 3.05) is 4.72 Å². The van der Waals surface area contributed by atoms with E-state index in [4.69, 9.17) is 0 Å². The van der Waals surface area contributed by atoms with Crippen molar-refractivity contribution in [3.05, 3.63) is 30.3 Å². The summed E-state index contributed by atoms with van der Waals surface area (Å²) in [4.78, 5) is 0. The van der Waals surface area contributed by atoms with Crippen LogP contribution in [0.5, 0.6) is 0 Å². The largest absolute Gasteiger partial charge is 0.332 e. The predicted molar refractivity (Wildman–Crippen MR) is 39.1 cm³/mol. The van der Waals surface area contributed by atoms with Gasteiger partial charge in [0.2, 0.25) is 0 Å². The van der Waals surface area contributed by atoms with Crippen LogP contribution in [0.2, 0.25) is 0 Å². The van der Waals surface area contributed by atoms with Crippen LogP contribution in [0.1, 0.15) is 0 Å². The molecule has 0 aliphatic carbocycles. The summed E-state index contributed by atoms with van der Waals surface area (Å²) >= 11 is 3.86. The fourth-order valence-electron chi connectivity index (χ4n) is 0.513. The van der Waals surface area contributed by atoms with Crippen molar-refractivity contribution in [1.82, 2.24) is 0 Å². The van der Waals surface area contributed by atoms with Crippen LogP contribution in [0.15, 0.2) is 30.3 Å². The molecule has 0 saturated carbocycles. The molecule has 2 heteroatoms. The van der Waals surface area contributed by atoms with Crippen molar-refractivity contribution in [3.63, 3.8) is 0 Å². The van der Waals surface area contributed by atoms with Crippen LogP contribution in [0.3, 0.4) is 0 Å². The molecule has 8 heavy (non-hydrogen) atoms. The summed E-state index contributed by atoms with van der Waals surface area (Å²) in [7, 11) is 0. The highest BCUT2D eigenvalue weighted by Gasteiger charge is 1.78. The molecule has 0 heterocycles. The minimum Gasteiger partial charge on any atom is -0.332 e. The van der Waals surface area contributed by atoms with E-state index in [1.807, 2.05) is 30.3 Å². The molecule has 1 rings (SSSR count). The molecule has 42 valence electrons. The van der Waals surface area contributed by atoms with Crippen LogP contribution in [-0.2, 0) is 0 Å². The lowest BCUT2D eigenvalue weighted by Gasteiger charge is -1.92. The first-order chi connectivity index (χ1) is 3.93. The number of hydrogen-bond acceptors (Lipinski definition) is 2. The first kappa shape index (κ1) is 5.51. The number of hydrogen-bond donors (Lipinski definition) is 2. The van der Waals surface area contributed by atoms with E-state index in [1.165, 1.54) is 0 Å². The van der Waals surface area contributed by atoms with Gasteiger partial charge in [-0.05, 0) is 12.1 Å². The average Bonchev–Trinajstić information content (AvgIpc) is 1.90. The van der Waals surface area contributed by atoms with E-state index < -0.39 is 0 Å². The van der Waals surface area contributed by atoms with Crippen molar-refractivity contribution in [2.45, 2.75) is 0 Å². The molecule has 0 aliphatic heterocycles. The number of benzene rings is 1. The van der Waals surface area contributed by atoms with Crippen LogP contribution >= 0.6 is 12.8 Å². The van der Waals surface area contributed by atoms with Gasteiger partial charge in [0.15, 0.2) is 0 Å². The Balaban J connectivity index is 2.83. The lowest BCUT2D eigenvalue weighted by atomic mass is 10.3. The summed E-state index contributed by atoms with van der Waals surface area (Å²) in [6.07, 6.45) is 0. The highest BCUT2D eigenvalue weighted by Crippen LogP contribution is 2.04. The van der Waals surface area contributed by atoms with Gasteiger partial charge in [0, 0.05) is 5.69 Å². The molecule has 0 atom stereocenters. The van der Waals surface area contributed by atoms with Crippen LogP contribution in [0.25, 0.3) is 0 Å². The predicted octanol–water partition coefficient (Wildman–Crippen LogP) is 1.94.